The zero-order valence-electron chi connectivity index (χ0n) is 9.11. The number of nitrogens with two attached hydrogens (primary N) is 1. The van der Waals surface area contributed by atoms with Crippen molar-refractivity contribution in [2.75, 3.05) is 18.8 Å². The lowest BCUT2D eigenvalue weighted by atomic mass is 10.1. The van der Waals surface area contributed by atoms with Gasteiger partial charge in [-0.15, -0.1) is 0 Å². The van der Waals surface area contributed by atoms with E-state index in [2.05, 4.69) is 30.6 Å². The van der Waals surface area contributed by atoms with Crippen LogP contribution >= 0.6 is 25.3 Å². The summed E-state index contributed by atoms with van der Waals surface area (Å²) in [6, 6.07) is 0. The molecule has 1 amide bonds. The fourth-order valence-electron chi connectivity index (χ4n) is 1.26. The fourth-order valence-corrected chi connectivity index (χ4v) is 2.09. The summed E-state index contributed by atoms with van der Waals surface area (Å²) < 4.78 is 0. The Bertz CT molecular complexity index is 168. The number of carbonyl (C=O) groups excluding carboxylic acids is 1. The molecule has 0 radical (unpaired) electrons. The lowest BCUT2D eigenvalue weighted by molar-refractivity contribution is -0.121. The third kappa shape index (κ3) is 10.4. The Morgan fingerprint density at radius 2 is 2.07 bits per heavy atom. The average molecular weight is 250 g/mol. The number of hydrogen-bond acceptors (Lipinski definition) is 4. The maximum Gasteiger partial charge on any atom is 0.220 e. The Hall–Kier alpha value is 0.130. The largest absolute Gasteiger partial charge is 0.355 e. The zero-order chi connectivity index (χ0) is 11.5. The Balaban J connectivity index is 3.26. The van der Waals surface area contributed by atoms with Gasteiger partial charge in [-0.2, -0.15) is 25.3 Å². The second kappa shape index (κ2) is 10.6. The minimum atomic E-state index is 0.102. The molecule has 0 aromatic heterocycles. The highest BCUT2D eigenvalue weighted by Gasteiger charge is 2.03. The number of unbranched alkanes of at least 4 members (excludes halogenated alkanes) is 1. The molecule has 1 unspecified atom stereocenters. The van der Waals surface area contributed by atoms with Crippen LogP contribution in [0.25, 0.3) is 0 Å². The predicted molar refractivity (Wildman–Crippen MR) is 71.8 cm³/mol. The van der Waals surface area contributed by atoms with Crippen molar-refractivity contribution in [3.05, 3.63) is 0 Å². The molecular formula is C10H22N2OS2. The molecule has 90 valence electrons. The Labute approximate surface area is 103 Å². The molecular weight excluding hydrogens is 228 g/mol. The van der Waals surface area contributed by atoms with Gasteiger partial charge >= 0.3 is 0 Å². The normalized spacial score (nSPS) is 12.5. The van der Waals surface area contributed by atoms with Crippen LogP contribution in [0, 0.1) is 0 Å². The van der Waals surface area contributed by atoms with Crippen LogP contribution in [0.1, 0.15) is 32.1 Å². The standard InChI is InChI=1S/C10H22N2OS2/c11-6-7-12-10(13)4-2-1-3-9(15)5-8-14/h9,14-15H,1-8,11H2,(H,12,13). The number of thiol groups is 2. The molecule has 15 heavy (non-hydrogen) atoms. The number of rotatable bonds is 9. The highest BCUT2D eigenvalue weighted by Crippen LogP contribution is 2.12. The van der Waals surface area contributed by atoms with Crippen LogP contribution in [0.4, 0.5) is 0 Å². The molecule has 1 atom stereocenters. The topological polar surface area (TPSA) is 55.1 Å². The van der Waals surface area contributed by atoms with E-state index in [-0.39, 0.29) is 5.91 Å². The van der Waals surface area contributed by atoms with Gasteiger partial charge in [0.25, 0.3) is 0 Å². The summed E-state index contributed by atoms with van der Waals surface area (Å²) in [6.45, 7) is 1.08. The summed E-state index contributed by atoms with van der Waals surface area (Å²) in [5.74, 6) is 0.982. The summed E-state index contributed by atoms with van der Waals surface area (Å²) in [5, 5.41) is 3.18. The number of carbonyl (C=O) groups is 1. The second-order valence-corrected chi connectivity index (χ2v) is 4.73. The zero-order valence-corrected chi connectivity index (χ0v) is 10.9. The highest BCUT2D eigenvalue weighted by atomic mass is 32.1. The Morgan fingerprint density at radius 3 is 2.67 bits per heavy atom. The van der Waals surface area contributed by atoms with E-state index in [9.17, 15) is 4.79 Å². The van der Waals surface area contributed by atoms with Gasteiger partial charge in [-0.1, -0.05) is 6.42 Å². The van der Waals surface area contributed by atoms with E-state index in [0.29, 0.717) is 24.8 Å². The first kappa shape index (κ1) is 15.1. The Kier molecular flexibility index (Phi) is 10.7. The Morgan fingerprint density at radius 1 is 1.33 bits per heavy atom. The SMILES string of the molecule is NCCNC(=O)CCCCC(S)CCS. The molecule has 0 aliphatic heterocycles. The molecule has 0 heterocycles. The van der Waals surface area contributed by atoms with E-state index in [4.69, 9.17) is 5.73 Å². The number of nitrogens with one attached hydrogen (secondary N) is 1. The van der Waals surface area contributed by atoms with Gasteiger partial charge in [0.05, 0.1) is 0 Å². The monoisotopic (exact) mass is 250 g/mol. The van der Waals surface area contributed by atoms with E-state index in [0.717, 1.165) is 31.4 Å². The molecule has 0 rings (SSSR count). The van der Waals surface area contributed by atoms with E-state index in [1.165, 1.54) is 0 Å². The minimum Gasteiger partial charge on any atom is -0.355 e. The summed E-state index contributed by atoms with van der Waals surface area (Å²) in [7, 11) is 0. The van der Waals surface area contributed by atoms with Crippen molar-refractivity contribution in [3.8, 4) is 0 Å². The molecule has 0 spiro atoms. The maximum absolute atomic E-state index is 11.2. The average Bonchev–Trinajstić information content (AvgIpc) is 2.22. The van der Waals surface area contributed by atoms with Gasteiger partial charge < -0.3 is 11.1 Å². The van der Waals surface area contributed by atoms with Crippen LogP contribution in [0.5, 0.6) is 0 Å². The highest BCUT2D eigenvalue weighted by molar-refractivity contribution is 7.81. The van der Waals surface area contributed by atoms with Crippen molar-refractivity contribution in [1.82, 2.24) is 5.32 Å². The third-order valence-electron chi connectivity index (χ3n) is 2.12. The van der Waals surface area contributed by atoms with Gasteiger partial charge in [0, 0.05) is 24.8 Å². The summed E-state index contributed by atoms with van der Waals surface area (Å²) in [4.78, 5) is 11.2. The van der Waals surface area contributed by atoms with Crippen molar-refractivity contribution >= 4 is 31.2 Å². The summed E-state index contributed by atoms with van der Waals surface area (Å²) in [6.07, 6.45) is 4.68. The van der Waals surface area contributed by atoms with Crippen molar-refractivity contribution in [1.29, 1.82) is 0 Å². The molecule has 0 aliphatic rings. The third-order valence-corrected chi connectivity index (χ3v) is 2.89. The van der Waals surface area contributed by atoms with Crippen LogP contribution in [0.15, 0.2) is 0 Å². The van der Waals surface area contributed by atoms with Crippen LogP contribution in [-0.4, -0.2) is 30.0 Å². The maximum atomic E-state index is 11.2. The molecule has 5 heteroatoms. The first-order valence-corrected chi connectivity index (χ1v) is 6.61. The van der Waals surface area contributed by atoms with E-state index < -0.39 is 0 Å². The van der Waals surface area contributed by atoms with Gasteiger partial charge in [-0.25, -0.2) is 0 Å². The second-order valence-electron chi connectivity index (χ2n) is 3.55. The molecule has 0 aliphatic carbocycles. The molecule has 3 nitrogen and oxygen atoms in total. The molecule has 0 aromatic rings. The van der Waals surface area contributed by atoms with E-state index in [1.807, 2.05) is 0 Å². The van der Waals surface area contributed by atoms with Crippen molar-refractivity contribution in [3.63, 3.8) is 0 Å². The van der Waals surface area contributed by atoms with Crippen molar-refractivity contribution < 1.29 is 4.79 Å². The molecule has 0 bridgehead atoms. The number of amides is 1. The molecule has 0 saturated heterocycles. The van der Waals surface area contributed by atoms with Gasteiger partial charge in [0.1, 0.15) is 0 Å². The smallest absolute Gasteiger partial charge is 0.220 e. The lowest BCUT2D eigenvalue weighted by Gasteiger charge is -2.08. The van der Waals surface area contributed by atoms with E-state index in [1.54, 1.807) is 0 Å². The molecule has 0 fully saturated rings. The predicted octanol–water partition coefficient (Wildman–Crippen LogP) is 1.24. The first-order chi connectivity index (χ1) is 7.20. The molecule has 0 saturated carbocycles. The van der Waals surface area contributed by atoms with Gasteiger partial charge in [-0.3, -0.25) is 4.79 Å². The van der Waals surface area contributed by atoms with Crippen molar-refractivity contribution in [2.24, 2.45) is 5.73 Å². The molecule has 0 aromatic carbocycles. The van der Waals surface area contributed by atoms with Crippen LogP contribution < -0.4 is 11.1 Å². The van der Waals surface area contributed by atoms with E-state index >= 15 is 0 Å². The summed E-state index contributed by atoms with van der Waals surface area (Å²) >= 11 is 8.58. The van der Waals surface area contributed by atoms with Gasteiger partial charge in [0.15, 0.2) is 0 Å². The molecule has 3 N–H and O–H groups in total. The van der Waals surface area contributed by atoms with Crippen LogP contribution in [0.2, 0.25) is 0 Å². The van der Waals surface area contributed by atoms with Gasteiger partial charge in [0.2, 0.25) is 5.91 Å². The lowest BCUT2D eigenvalue weighted by Crippen LogP contribution is -2.28. The van der Waals surface area contributed by atoms with Crippen LogP contribution in [0.3, 0.4) is 0 Å². The van der Waals surface area contributed by atoms with Crippen LogP contribution in [-0.2, 0) is 4.79 Å². The van der Waals surface area contributed by atoms with Gasteiger partial charge in [-0.05, 0) is 25.0 Å². The summed E-state index contributed by atoms with van der Waals surface area (Å²) in [5.41, 5.74) is 5.27. The quantitative estimate of drug-likeness (QED) is 0.368. The minimum absolute atomic E-state index is 0.102. The fraction of sp³-hybridized carbons (Fsp3) is 0.900. The number of hydrogen-bond donors (Lipinski definition) is 4. The van der Waals surface area contributed by atoms with Crippen molar-refractivity contribution in [2.45, 2.75) is 37.4 Å². The first-order valence-electron chi connectivity index (χ1n) is 5.46.